The van der Waals surface area contributed by atoms with E-state index in [1.54, 1.807) is 0 Å². The van der Waals surface area contributed by atoms with Crippen LogP contribution in [0.1, 0.15) is 361 Å². The molecule has 0 N–H and O–H groups in total. The van der Waals surface area contributed by atoms with Gasteiger partial charge in [-0.05, 0) is 19.3 Å². The molecule has 0 aromatic rings. The molecule has 0 fully saturated rings. The molecule has 0 heterocycles. The van der Waals surface area contributed by atoms with E-state index in [-0.39, 0.29) is 31.1 Å². The topological polar surface area (TPSA) is 78.9 Å². The second-order valence-corrected chi connectivity index (χ2v) is 21.3. The fraction of sp³-hybridized carbons (Fsp3) is 0.952. The molecule has 0 aliphatic rings. The van der Waals surface area contributed by atoms with Crippen molar-refractivity contribution < 1.29 is 28.6 Å². The average Bonchev–Trinajstić information content (AvgIpc) is 3.34. The van der Waals surface area contributed by atoms with Crippen LogP contribution in [0, 0.1) is 0 Å². The summed E-state index contributed by atoms with van der Waals surface area (Å²) in [4.78, 5) is 38.2. The lowest BCUT2D eigenvalue weighted by molar-refractivity contribution is -0.167. The molecule has 0 rings (SSSR count). The van der Waals surface area contributed by atoms with E-state index in [1.165, 1.54) is 263 Å². The summed E-state index contributed by atoms with van der Waals surface area (Å²) in [5.41, 5.74) is 0. The van der Waals surface area contributed by atoms with Gasteiger partial charge in [0.05, 0.1) is 0 Å². The summed E-state index contributed by atoms with van der Waals surface area (Å²) in [5, 5.41) is 0. The summed E-state index contributed by atoms with van der Waals surface area (Å²) in [6, 6.07) is 0. The normalized spacial score (nSPS) is 11.9. The summed E-state index contributed by atoms with van der Waals surface area (Å²) in [7, 11) is 0. The Bertz CT molecular complexity index is 1010. The highest BCUT2D eigenvalue weighted by atomic mass is 16.6. The van der Waals surface area contributed by atoms with Crippen molar-refractivity contribution >= 4 is 17.9 Å². The molecule has 0 aromatic heterocycles. The standard InChI is InChI=1S/C62H120O6/c1-4-7-10-13-16-19-22-25-26-27-28-29-30-31-32-33-34-35-38-40-43-46-49-52-55-61(64)67-58-59(68-62(65)56-53-50-47-44-41-37-24-21-18-15-12-9-6-3)57-66-60(63)54-51-48-45-42-39-36-23-20-17-14-11-8-5-2/h59H,4-58H2,1-3H3. The van der Waals surface area contributed by atoms with E-state index >= 15 is 0 Å². The van der Waals surface area contributed by atoms with Gasteiger partial charge in [-0.15, -0.1) is 0 Å². The van der Waals surface area contributed by atoms with Crippen molar-refractivity contribution in [3.05, 3.63) is 0 Å². The summed E-state index contributed by atoms with van der Waals surface area (Å²) in [6.07, 6.45) is 65.4. The first-order chi connectivity index (χ1) is 33.5. The molecule has 0 saturated carbocycles. The van der Waals surface area contributed by atoms with Gasteiger partial charge in [0.1, 0.15) is 13.2 Å². The Kier molecular flexibility index (Phi) is 56.6. The number of rotatable bonds is 58. The highest BCUT2D eigenvalue weighted by Crippen LogP contribution is 2.18. The first kappa shape index (κ1) is 66.4. The third-order valence-corrected chi connectivity index (χ3v) is 14.4. The van der Waals surface area contributed by atoms with Crippen LogP contribution in [0.4, 0.5) is 0 Å². The largest absolute Gasteiger partial charge is 0.462 e. The maximum Gasteiger partial charge on any atom is 0.306 e. The van der Waals surface area contributed by atoms with Gasteiger partial charge in [-0.25, -0.2) is 0 Å². The molecule has 0 saturated heterocycles. The van der Waals surface area contributed by atoms with Crippen molar-refractivity contribution in [3.63, 3.8) is 0 Å². The fourth-order valence-electron chi connectivity index (χ4n) is 9.68. The molecule has 0 aliphatic carbocycles. The molecule has 0 spiro atoms. The van der Waals surface area contributed by atoms with Crippen molar-refractivity contribution in [1.29, 1.82) is 0 Å². The number of unbranched alkanes of at least 4 members (excludes halogenated alkanes) is 47. The van der Waals surface area contributed by atoms with Crippen LogP contribution in [0.15, 0.2) is 0 Å². The van der Waals surface area contributed by atoms with Crippen LogP contribution < -0.4 is 0 Å². The van der Waals surface area contributed by atoms with Gasteiger partial charge in [0, 0.05) is 19.3 Å². The van der Waals surface area contributed by atoms with Gasteiger partial charge in [0.25, 0.3) is 0 Å². The molecule has 0 aliphatic heterocycles. The monoisotopic (exact) mass is 961 g/mol. The molecule has 6 nitrogen and oxygen atoms in total. The van der Waals surface area contributed by atoms with Crippen LogP contribution in [-0.4, -0.2) is 37.2 Å². The van der Waals surface area contributed by atoms with Crippen LogP contribution >= 0.6 is 0 Å². The quantitative estimate of drug-likeness (QED) is 0.0343. The Hall–Kier alpha value is -1.59. The van der Waals surface area contributed by atoms with Gasteiger partial charge in [0.2, 0.25) is 0 Å². The molecule has 68 heavy (non-hydrogen) atoms. The highest BCUT2D eigenvalue weighted by Gasteiger charge is 2.19. The summed E-state index contributed by atoms with van der Waals surface area (Å²) >= 11 is 0. The number of hydrogen-bond donors (Lipinski definition) is 0. The van der Waals surface area contributed by atoms with Gasteiger partial charge in [-0.3, -0.25) is 14.4 Å². The fourth-order valence-corrected chi connectivity index (χ4v) is 9.68. The van der Waals surface area contributed by atoms with Gasteiger partial charge in [-0.1, -0.05) is 323 Å². The molecule has 0 amide bonds. The van der Waals surface area contributed by atoms with Gasteiger partial charge >= 0.3 is 17.9 Å². The van der Waals surface area contributed by atoms with E-state index in [0.717, 1.165) is 57.8 Å². The van der Waals surface area contributed by atoms with Crippen LogP contribution in [0.5, 0.6) is 0 Å². The predicted octanol–water partition coefficient (Wildman–Crippen LogP) is 20.7. The zero-order valence-corrected chi connectivity index (χ0v) is 46.4. The van der Waals surface area contributed by atoms with Crippen molar-refractivity contribution in [3.8, 4) is 0 Å². The van der Waals surface area contributed by atoms with Crippen molar-refractivity contribution in [2.45, 2.75) is 367 Å². The molecular formula is C62H120O6. The Morgan fingerprint density at radius 2 is 0.397 bits per heavy atom. The van der Waals surface area contributed by atoms with Gasteiger partial charge < -0.3 is 14.2 Å². The van der Waals surface area contributed by atoms with Crippen LogP contribution in [0.2, 0.25) is 0 Å². The lowest BCUT2D eigenvalue weighted by atomic mass is 10.0. The minimum atomic E-state index is -0.761. The molecular weight excluding hydrogens is 841 g/mol. The SMILES string of the molecule is CCCCCCCCCCCCCCCCCCCCCCCCCCC(=O)OCC(COC(=O)CCCCCCCCCCCCCCC)OC(=O)CCCCCCCCCCCCCCC. The summed E-state index contributed by atoms with van der Waals surface area (Å²) in [6.45, 7) is 6.71. The summed E-state index contributed by atoms with van der Waals surface area (Å²) in [5.74, 6) is -0.830. The maximum atomic E-state index is 12.8. The lowest BCUT2D eigenvalue weighted by Gasteiger charge is -2.18. The van der Waals surface area contributed by atoms with E-state index in [1.807, 2.05) is 0 Å². The third-order valence-electron chi connectivity index (χ3n) is 14.4. The van der Waals surface area contributed by atoms with Crippen LogP contribution in [-0.2, 0) is 28.6 Å². The predicted molar refractivity (Wildman–Crippen MR) is 294 cm³/mol. The Labute approximate surface area is 425 Å². The Morgan fingerprint density at radius 1 is 0.235 bits per heavy atom. The maximum absolute atomic E-state index is 12.8. The highest BCUT2D eigenvalue weighted by molar-refractivity contribution is 5.71. The second kappa shape index (κ2) is 58.0. The van der Waals surface area contributed by atoms with Crippen molar-refractivity contribution in [2.75, 3.05) is 13.2 Å². The lowest BCUT2D eigenvalue weighted by Crippen LogP contribution is -2.30. The minimum Gasteiger partial charge on any atom is -0.462 e. The van der Waals surface area contributed by atoms with E-state index in [2.05, 4.69) is 20.8 Å². The van der Waals surface area contributed by atoms with E-state index < -0.39 is 6.10 Å². The van der Waals surface area contributed by atoms with E-state index in [9.17, 15) is 14.4 Å². The van der Waals surface area contributed by atoms with Crippen LogP contribution in [0.3, 0.4) is 0 Å². The van der Waals surface area contributed by atoms with E-state index in [0.29, 0.717) is 19.3 Å². The number of hydrogen-bond acceptors (Lipinski definition) is 6. The molecule has 1 atom stereocenters. The zero-order chi connectivity index (χ0) is 49.3. The Morgan fingerprint density at radius 3 is 0.588 bits per heavy atom. The number of esters is 3. The number of ether oxygens (including phenoxy) is 3. The van der Waals surface area contributed by atoms with Crippen molar-refractivity contribution in [1.82, 2.24) is 0 Å². The average molecular weight is 962 g/mol. The third kappa shape index (κ3) is 55.3. The van der Waals surface area contributed by atoms with Crippen molar-refractivity contribution in [2.24, 2.45) is 0 Å². The summed E-state index contributed by atoms with van der Waals surface area (Å²) < 4.78 is 16.9. The minimum absolute atomic E-state index is 0.0609. The van der Waals surface area contributed by atoms with Gasteiger partial charge in [-0.2, -0.15) is 0 Å². The Balaban J connectivity index is 4.16. The molecule has 1 unspecified atom stereocenters. The molecule has 6 heteroatoms. The van der Waals surface area contributed by atoms with Crippen LogP contribution in [0.25, 0.3) is 0 Å². The molecule has 0 radical (unpaired) electrons. The zero-order valence-electron chi connectivity index (χ0n) is 46.4. The smallest absolute Gasteiger partial charge is 0.306 e. The first-order valence-corrected chi connectivity index (χ1v) is 31.0. The molecule has 0 bridgehead atoms. The van der Waals surface area contributed by atoms with Gasteiger partial charge in [0.15, 0.2) is 6.10 Å². The molecule has 404 valence electrons. The first-order valence-electron chi connectivity index (χ1n) is 31.0. The molecule has 0 aromatic carbocycles. The number of carbonyl (C=O) groups excluding carboxylic acids is 3. The number of carbonyl (C=O) groups is 3. The van der Waals surface area contributed by atoms with E-state index in [4.69, 9.17) is 14.2 Å². The second-order valence-electron chi connectivity index (χ2n) is 21.3.